The molecule has 0 radical (unpaired) electrons. The van der Waals surface area contributed by atoms with Gasteiger partial charge in [0, 0.05) is 21.5 Å². The number of fused-ring (bicyclic) bond motifs is 15. The highest BCUT2D eigenvalue weighted by atomic mass is 32.1. The van der Waals surface area contributed by atoms with Gasteiger partial charge in [-0.1, -0.05) is 158 Å². The van der Waals surface area contributed by atoms with Gasteiger partial charge in [0.15, 0.2) is 0 Å². The van der Waals surface area contributed by atoms with Crippen molar-refractivity contribution in [3.8, 4) is 33.4 Å². The molecule has 0 saturated carbocycles. The number of anilines is 3. The maximum Gasteiger partial charge on any atom is 0.138 e. The molecule has 0 N–H and O–H groups in total. The lowest BCUT2D eigenvalue weighted by atomic mass is 9.70. The second kappa shape index (κ2) is 11.6. The first-order chi connectivity index (χ1) is 27.3. The van der Waals surface area contributed by atoms with E-state index in [1.807, 2.05) is 11.3 Å². The smallest absolute Gasteiger partial charge is 0.138 e. The Balaban J connectivity index is 1.09. The molecule has 0 bridgehead atoms. The lowest BCUT2D eigenvalue weighted by Gasteiger charge is -2.31. The van der Waals surface area contributed by atoms with Gasteiger partial charge in [0.1, 0.15) is 5.82 Å². The molecule has 2 aliphatic carbocycles. The molecule has 256 valence electrons. The molecule has 2 heterocycles. The van der Waals surface area contributed by atoms with Crippen LogP contribution in [-0.4, -0.2) is 4.98 Å². The molecule has 12 rings (SSSR count). The Morgan fingerprint density at radius 3 is 1.73 bits per heavy atom. The predicted octanol–water partition coefficient (Wildman–Crippen LogP) is 14.1. The molecule has 3 heteroatoms. The fourth-order valence-electron chi connectivity index (χ4n) is 9.56. The Hall–Kier alpha value is -6.81. The van der Waals surface area contributed by atoms with Crippen molar-refractivity contribution in [2.45, 2.75) is 5.41 Å². The van der Waals surface area contributed by atoms with Crippen LogP contribution < -0.4 is 4.90 Å². The summed E-state index contributed by atoms with van der Waals surface area (Å²) in [4.78, 5) is 7.85. The van der Waals surface area contributed by atoms with Gasteiger partial charge in [-0.2, -0.15) is 0 Å². The number of aromatic nitrogens is 1. The van der Waals surface area contributed by atoms with E-state index in [0.29, 0.717) is 0 Å². The van der Waals surface area contributed by atoms with E-state index in [4.69, 9.17) is 4.98 Å². The quantitative estimate of drug-likeness (QED) is 0.180. The average molecular weight is 717 g/mol. The van der Waals surface area contributed by atoms with Crippen LogP contribution in [0, 0.1) is 0 Å². The Morgan fingerprint density at radius 2 is 1.00 bits per heavy atom. The first kappa shape index (κ1) is 30.6. The fraction of sp³-hybridized carbons (Fsp3) is 0.0192. The van der Waals surface area contributed by atoms with E-state index < -0.39 is 0 Å². The van der Waals surface area contributed by atoms with E-state index in [1.54, 1.807) is 0 Å². The summed E-state index contributed by atoms with van der Waals surface area (Å²) in [6, 6.07) is 71.2. The van der Waals surface area contributed by atoms with E-state index in [9.17, 15) is 0 Å². The van der Waals surface area contributed by atoms with Crippen LogP contribution >= 0.6 is 11.3 Å². The van der Waals surface area contributed by atoms with E-state index in [0.717, 1.165) is 22.7 Å². The maximum absolute atomic E-state index is 5.51. The van der Waals surface area contributed by atoms with Crippen molar-refractivity contribution in [3.05, 3.63) is 216 Å². The molecular formula is C52H32N2S. The van der Waals surface area contributed by atoms with Crippen molar-refractivity contribution in [2.75, 3.05) is 4.90 Å². The summed E-state index contributed by atoms with van der Waals surface area (Å²) >= 11 is 1.83. The van der Waals surface area contributed by atoms with Gasteiger partial charge in [-0.15, -0.1) is 11.3 Å². The molecule has 0 saturated heterocycles. The normalized spacial score (nSPS) is 13.2. The van der Waals surface area contributed by atoms with Crippen LogP contribution in [0.15, 0.2) is 194 Å². The molecular weight excluding hydrogens is 685 g/mol. The van der Waals surface area contributed by atoms with Crippen molar-refractivity contribution < 1.29 is 0 Å². The number of pyridine rings is 1. The summed E-state index contributed by atoms with van der Waals surface area (Å²) in [6.45, 7) is 0. The van der Waals surface area contributed by atoms with Crippen molar-refractivity contribution in [2.24, 2.45) is 0 Å². The third-order valence-electron chi connectivity index (χ3n) is 11.9. The molecule has 2 aliphatic rings. The van der Waals surface area contributed by atoms with Gasteiger partial charge in [0.2, 0.25) is 0 Å². The molecule has 2 nitrogen and oxygen atoms in total. The predicted molar refractivity (Wildman–Crippen MR) is 231 cm³/mol. The zero-order valence-corrected chi connectivity index (χ0v) is 30.6. The third-order valence-corrected chi connectivity index (χ3v) is 13.1. The standard InChI is InChI=1S/C52H32N2S/c1-2-12-33(13-3-1)34-22-25-36(26-23-34)54(49-31-30-48-50(53-49)42-28-24-35-14-4-5-15-38(35)51(42)55-48)37-27-29-47-43(32-37)41-18-8-11-21-46(41)52(47)44-19-9-6-16-39(44)40-17-7-10-20-45(40)52/h1-32H. The molecule has 0 aliphatic heterocycles. The van der Waals surface area contributed by atoms with Gasteiger partial charge in [0.25, 0.3) is 0 Å². The highest BCUT2D eigenvalue weighted by Crippen LogP contribution is 2.63. The molecule has 8 aromatic carbocycles. The second-order valence-corrected chi connectivity index (χ2v) is 15.7. The zero-order chi connectivity index (χ0) is 36.1. The van der Waals surface area contributed by atoms with Crippen LogP contribution in [0.3, 0.4) is 0 Å². The Labute approximate surface area is 323 Å². The van der Waals surface area contributed by atoms with Crippen molar-refractivity contribution in [3.63, 3.8) is 0 Å². The Bertz CT molecular complexity index is 3110. The number of thiophene rings is 1. The van der Waals surface area contributed by atoms with Crippen molar-refractivity contribution in [1.29, 1.82) is 0 Å². The van der Waals surface area contributed by atoms with Crippen molar-refractivity contribution in [1.82, 2.24) is 4.98 Å². The molecule has 0 unspecified atom stereocenters. The monoisotopic (exact) mass is 716 g/mol. The second-order valence-electron chi connectivity index (χ2n) is 14.6. The summed E-state index contributed by atoms with van der Waals surface area (Å²) in [7, 11) is 0. The number of hydrogen-bond acceptors (Lipinski definition) is 3. The largest absolute Gasteiger partial charge is 0.295 e. The van der Waals surface area contributed by atoms with Gasteiger partial charge in [-0.25, -0.2) is 4.98 Å². The topological polar surface area (TPSA) is 16.1 Å². The first-order valence-corrected chi connectivity index (χ1v) is 19.7. The van der Waals surface area contributed by atoms with Gasteiger partial charge in [-0.3, -0.25) is 4.90 Å². The van der Waals surface area contributed by atoms with Gasteiger partial charge < -0.3 is 0 Å². The first-order valence-electron chi connectivity index (χ1n) is 18.9. The summed E-state index contributed by atoms with van der Waals surface area (Å²) in [5.74, 6) is 0.894. The SMILES string of the molecule is c1ccc(-c2ccc(N(c3ccc4c(c3)-c3ccccc3C43c4ccccc4-c4ccccc43)c3ccc4sc5c6ccccc6ccc5c4n3)cc2)cc1. The summed E-state index contributed by atoms with van der Waals surface area (Å²) < 4.78 is 2.48. The lowest BCUT2D eigenvalue weighted by Crippen LogP contribution is -2.25. The Kier molecular flexibility index (Phi) is 6.46. The average Bonchev–Trinajstić information content (AvgIpc) is 3.88. The Morgan fingerprint density at radius 1 is 0.418 bits per heavy atom. The van der Waals surface area contributed by atoms with E-state index in [1.165, 1.54) is 81.2 Å². The van der Waals surface area contributed by atoms with Crippen LogP contribution in [-0.2, 0) is 5.41 Å². The molecule has 0 atom stereocenters. The van der Waals surface area contributed by atoms with E-state index in [-0.39, 0.29) is 5.41 Å². The molecule has 0 fully saturated rings. The number of rotatable bonds is 4. The third kappa shape index (κ3) is 4.27. The maximum atomic E-state index is 5.51. The minimum absolute atomic E-state index is 0.380. The molecule has 55 heavy (non-hydrogen) atoms. The number of benzene rings is 8. The van der Waals surface area contributed by atoms with Crippen LogP contribution in [0.5, 0.6) is 0 Å². The number of hydrogen-bond donors (Lipinski definition) is 0. The van der Waals surface area contributed by atoms with Crippen LogP contribution in [0.2, 0.25) is 0 Å². The molecule has 2 aromatic heterocycles. The summed E-state index contributed by atoms with van der Waals surface area (Å²) in [5.41, 5.74) is 15.8. The van der Waals surface area contributed by atoms with Crippen LogP contribution in [0.4, 0.5) is 17.2 Å². The van der Waals surface area contributed by atoms with E-state index >= 15 is 0 Å². The summed E-state index contributed by atoms with van der Waals surface area (Å²) in [6.07, 6.45) is 0. The van der Waals surface area contributed by atoms with Crippen molar-refractivity contribution >= 4 is 59.6 Å². The minimum atomic E-state index is -0.380. The molecule has 0 amide bonds. The lowest BCUT2D eigenvalue weighted by molar-refractivity contribution is 0.794. The number of nitrogens with zero attached hydrogens (tertiary/aromatic N) is 2. The van der Waals surface area contributed by atoms with Gasteiger partial charge in [-0.05, 0) is 103 Å². The van der Waals surface area contributed by atoms with E-state index in [2.05, 4.69) is 199 Å². The minimum Gasteiger partial charge on any atom is -0.295 e. The fourth-order valence-corrected chi connectivity index (χ4v) is 10.7. The molecule has 10 aromatic rings. The highest BCUT2D eigenvalue weighted by molar-refractivity contribution is 7.26. The van der Waals surface area contributed by atoms with Crippen LogP contribution in [0.25, 0.3) is 64.5 Å². The van der Waals surface area contributed by atoms with Gasteiger partial charge >= 0.3 is 0 Å². The highest BCUT2D eigenvalue weighted by Gasteiger charge is 2.51. The molecule has 1 spiro atoms. The van der Waals surface area contributed by atoms with Gasteiger partial charge in [0.05, 0.1) is 15.6 Å². The summed E-state index contributed by atoms with van der Waals surface area (Å²) in [5, 5.41) is 3.73. The zero-order valence-electron chi connectivity index (χ0n) is 29.8. The van der Waals surface area contributed by atoms with Crippen LogP contribution in [0.1, 0.15) is 22.3 Å².